The average Bonchev–Trinajstić information content (AvgIpc) is 2.36. The largest absolute Gasteiger partial charge is 0.506 e. The lowest BCUT2D eigenvalue weighted by molar-refractivity contribution is 0.479. The smallest absolute Gasteiger partial charge is 0.137 e. The van der Waals surface area contributed by atoms with Crippen molar-refractivity contribution in [1.29, 1.82) is 0 Å². The van der Waals surface area contributed by atoms with Gasteiger partial charge in [-0.25, -0.2) is 0 Å². The number of benzene rings is 3. The average molecular weight is 320 g/mol. The number of halogens is 1. The van der Waals surface area contributed by atoms with Crippen LogP contribution in [0, 0.1) is 3.57 Å². The third-order valence-corrected chi connectivity index (χ3v) is 3.94. The molecule has 3 aromatic carbocycles. The molecule has 0 aliphatic heterocycles. The third kappa shape index (κ3) is 1.29. The van der Waals surface area contributed by atoms with Crippen molar-refractivity contribution in [3.63, 3.8) is 0 Å². The minimum atomic E-state index is 0.384. The molecule has 1 nitrogen and oxygen atoms in total. The Hall–Kier alpha value is -1.29. The number of fused-ring (bicyclic) bond motifs is 3. The van der Waals surface area contributed by atoms with E-state index in [1.807, 2.05) is 42.5 Å². The van der Waals surface area contributed by atoms with E-state index in [1.54, 1.807) is 0 Å². The van der Waals surface area contributed by atoms with Gasteiger partial charge in [-0.05, 0) is 38.7 Å². The van der Waals surface area contributed by atoms with Gasteiger partial charge in [-0.3, -0.25) is 0 Å². The highest BCUT2D eigenvalue weighted by Gasteiger charge is 2.10. The second kappa shape index (κ2) is 3.63. The maximum absolute atomic E-state index is 10.1. The number of phenolic OH excluding ortho intramolecular Hbond substituents is 1. The van der Waals surface area contributed by atoms with Gasteiger partial charge in [0.25, 0.3) is 0 Å². The molecule has 16 heavy (non-hydrogen) atoms. The number of rotatable bonds is 0. The molecular weight excluding hydrogens is 311 g/mol. The Kier molecular flexibility index (Phi) is 2.24. The number of hydrogen-bond donors (Lipinski definition) is 1. The predicted octanol–water partition coefficient (Wildman–Crippen LogP) is 4.30. The standard InChI is InChI=1S/C14H9IO/c15-13-11-7-3-1-5-9(11)10-6-2-4-8-12(10)14(13)16/h1-8,16H. The molecule has 0 spiro atoms. The lowest BCUT2D eigenvalue weighted by atomic mass is 10.0. The Bertz CT molecular complexity index is 628. The van der Waals surface area contributed by atoms with Crippen molar-refractivity contribution in [3.05, 3.63) is 52.1 Å². The van der Waals surface area contributed by atoms with E-state index in [0.29, 0.717) is 5.75 Å². The molecule has 0 amide bonds. The van der Waals surface area contributed by atoms with Crippen molar-refractivity contribution >= 4 is 44.1 Å². The molecule has 0 aliphatic rings. The van der Waals surface area contributed by atoms with E-state index in [4.69, 9.17) is 0 Å². The first kappa shape index (κ1) is 9.90. The maximum Gasteiger partial charge on any atom is 0.137 e. The van der Waals surface area contributed by atoms with Crippen molar-refractivity contribution in [2.45, 2.75) is 0 Å². The first-order chi connectivity index (χ1) is 7.79. The van der Waals surface area contributed by atoms with Gasteiger partial charge in [0, 0.05) is 5.39 Å². The van der Waals surface area contributed by atoms with E-state index >= 15 is 0 Å². The molecule has 0 saturated heterocycles. The summed E-state index contributed by atoms with van der Waals surface area (Å²) >= 11 is 2.20. The van der Waals surface area contributed by atoms with Crippen molar-refractivity contribution < 1.29 is 5.11 Å². The van der Waals surface area contributed by atoms with Gasteiger partial charge in [-0.1, -0.05) is 48.5 Å². The Morgan fingerprint density at radius 2 is 1.12 bits per heavy atom. The van der Waals surface area contributed by atoms with Crippen LogP contribution in [0.4, 0.5) is 0 Å². The quantitative estimate of drug-likeness (QED) is 0.484. The van der Waals surface area contributed by atoms with Gasteiger partial charge >= 0.3 is 0 Å². The molecule has 2 heteroatoms. The van der Waals surface area contributed by atoms with Crippen LogP contribution in [-0.2, 0) is 0 Å². The van der Waals surface area contributed by atoms with Crippen molar-refractivity contribution in [2.24, 2.45) is 0 Å². The summed E-state index contributed by atoms with van der Waals surface area (Å²) < 4.78 is 0.923. The van der Waals surface area contributed by atoms with E-state index in [1.165, 1.54) is 5.39 Å². The van der Waals surface area contributed by atoms with Gasteiger partial charge in [0.05, 0.1) is 3.57 Å². The second-order valence-corrected chi connectivity index (χ2v) is 4.83. The lowest BCUT2D eigenvalue weighted by Gasteiger charge is -2.08. The lowest BCUT2D eigenvalue weighted by Crippen LogP contribution is -1.83. The van der Waals surface area contributed by atoms with E-state index in [9.17, 15) is 5.11 Å². The van der Waals surface area contributed by atoms with E-state index < -0.39 is 0 Å². The molecule has 0 atom stereocenters. The second-order valence-electron chi connectivity index (χ2n) is 3.75. The molecule has 3 rings (SSSR count). The first-order valence-electron chi connectivity index (χ1n) is 5.07. The fourth-order valence-electron chi connectivity index (χ4n) is 2.08. The van der Waals surface area contributed by atoms with Crippen LogP contribution in [0.2, 0.25) is 0 Å². The van der Waals surface area contributed by atoms with Crippen LogP contribution in [0.25, 0.3) is 21.5 Å². The zero-order valence-corrected chi connectivity index (χ0v) is 10.6. The van der Waals surface area contributed by atoms with Crippen LogP contribution in [0.15, 0.2) is 48.5 Å². The fourth-order valence-corrected chi connectivity index (χ4v) is 2.84. The Balaban J connectivity index is 2.69. The summed E-state index contributed by atoms with van der Waals surface area (Å²) in [5, 5.41) is 14.5. The first-order valence-corrected chi connectivity index (χ1v) is 6.15. The van der Waals surface area contributed by atoms with Crippen LogP contribution in [0.5, 0.6) is 5.75 Å². The maximum atomic E-state index is 10.1. The summed E-state index contributed by atoms with van der Waals surface area (Å²) in [5.41, 5.74) is 0. The topological polar surface area (TPSA) is 20.2 Å². The summed E-state index contributed by atoms with van der Waals surface area (Å²) in [6.07, 6.45) is 0. The summed E-state index contributed by atoms with van der Waals surface area (Å²) in [7, 11) is 0. The van der Waals surface area contributed by atoms with Crippen LogP contribution < -0.4 is 0 Å². The molecule has 0 bridgehead atoms. The van der Waals surface area contributed by atoms with Crippen molar-refractivity contribution in [1.82, 2.24) is 0 Å². The van der Waals surface area contributed by atoms with Gasteiger partial charge < -0.3 is 5.11 Å². The van der Waals surface area contributed by atoms with Gasteiger partial charge in [0.2, 0.25) is 0 Å². The summed E-state index contributed by atoms with van der Waals surface area (Å²) in [6.45, 7) is 0. The highest BCUT2D eigenvalue weighted by atomic mass is 127. The van der Waals surface area contributed by atoms with Crippen molar-refractivity contribution in [2.75, 3.05) is 0 Å². The molecule has 0 aliphatic carbocycles. The van der Waals surface area contributed by atoms with Gasteiger partial charge in [-0.2, -0.15) is 0 Å². The van der Waals surface area contributed by atoms with Crippen LogP contribution in [0.1, 0.15) is 0 Å². The number of phenols is 1. The fraction of sp³-hybridized carbons (Fsp3) is 0. The van der Waals surface area contributed by atoms with Gasteiger partial charge in [-0.15, -0.1) is 0 Å². The van der Waals surface area contributed by atoms with E-state index in [2.05, 4.69) is 28.7 Å². The van der Waals surface area contributed by atoms with Crippen LogP contribution in [-0.4, -0.2) is 5.11 Å². The monoisotopic (exact) mass is 320 g/mol. The highest BCUT2D eigenvalue weighted by Crippen LogP contribution is 2.37. The number of hydrogen-bond acceptors (Lipinski definition) is 1. The molecule has 3 aromatic rings. The van der Waals surface area contributed by atoms with Crippen molar-refractivity contribution in [3.8, 4) is 5.75 Å². The van der Waals surface area contributed by atoms with E-state index in [-0.39, 0.29) is 0 Å². The minimum Gasteiger partial charge on any atom is -0.506 e. The zero-order chi connectivity index (χ0) is 11.1. The SMILES string of the molecule is Oc1c(I)c2ccccc2c2ccccc12. The normalized spacial score (nSPS) is 11.1. The molecule has 0 radical (unpaired) electrons. The zero-order valence-electron chi connectivity index (χ0n) is 8.44. The molecular formula is C14H9IO. The van der Waals surface area contributed by atoms with Gasteiger partial charge in [0.1, 0.15) is 5.75 Å². The summed E-state index contributed by atoms with van der Waals surface area (Å²) in [6, 6.07) is 16.1. The molecule has 0 aromatic heterocycles. The predicted molar refractivity (Wildman–Crippen MR) is 75.8 cm³/mol. The molecule has 1 N–H and O–H groups in total. The minimum absolute atomic E-state index is 0.384. The van der Waals surface area contributed by atoms with Gasteiger partial charge in [0.15, 0.2) is 0 Å². The molecule has 0 heterocycles. The van der Waals surface area contributed by atoms with Crippen LogP contribution in [0.3, 0.4) is 0 Å². The highest BCUT2D eigenvalue weighted by molar-refractivity contribution is 14.1. The number of aromatic hydroxyl groups is 1. The summed E-state index contributed by atoms with van der Waals surface area (Å²) in [5.74, 6) is 0.384. The Labute approximate surface area is 107 Å². The molecule has 0 unspecified atom stereocenters. The molecule has 78 valence electrons. The molecule has 0 fully saturated rings. The molecule has 0 saturated carbocycles. The Morgan fingerprint density at radius 3 is 1.75 bits per heavy atom. The van der Waals surface area contributed by atoms with Crippen LogP contribution >= 0.6 is 22.6 Å². The third-order valence-electron chi connectivity index (χ3n) is 2.84. The summed E-state index contributed by atoms with van der Waals surface area (Å²) in [4.78, 5) is 0. The van der Waals surface area contributed by atoms with E-state index in [0.717, 1.165) is 19.7 Å². The Morgan fingerprint density at radius 1 is 0.688 bits per heavy atom.